The van der Waals surface area contributed by atoms with Crippen molar-refractivity contribution in [2.24, 2.45) is 0 Å². The van der Waals surface area contributed by atoms with Gasteiger partial charge in [0.15, 0.2) is 0 Å². The molecular formula is C19H14O. The van der Waals surface area contributed by atoms with E-state index >= 15 is 0 Å². The first-order valence-corrected chi connectivity index (χ1v) is 6.58. The van der Waals surface area contributed by atoms with Crippen molar-refractivity contribution in [3.63, 3.8) is 0 Å². The Hall–Kier alpha value is -2.67. The van der Waals surface area contributed by atoms with Crippen molar-refractivity contribution >= 4 is 6.29 Å². The monoisotopic (exact) mass is 258 g/mol. The molecule has 1 nitrogen and oxygen atoms in total. The molecule has 0 unspecified atom stereocenters. The van der Waals surface area contributed by atoms with Gasteiger partial charge < -0.3 is 0 Å². The van der Waals surface area contributed by atoms with Crippen molar-refractivity contribution in [2.75, 3.05) is 0 Å². The molecule has 0 amide bonds. The van der Waals surface area contributed by atoms with E-state index in [0.717, 1.165) is 11.8 Å². The van der Waals surface area contributed by atoms with Crippen molar-refractivity contribution in [2.45, 2.75) is 0 Å². The zero-order valence-electron chi connectivity index (χ0n) is 11.0. The van der Waals surface area contributed by atoms with Crippen LogP contribution in [0.2, 0.25) is 0 Å². The van der Waals surface area contributed by atoms with E-state index in [1.807, 2.05) is 18.2 Å². The molecule has 4 rings (SSSR count). The quantitative estimate of drug-likeness (QED) is 0.470. The zero-order valence-corrected chi connectivity index (χ0v) is 11.0. The molecule has 2 aliphatic carbocycles. The molecule has 0 saturated carbocycles. The van der Waals surface area contributed by atoms with E-state index in [1.165, 1.54) is 22.3 Å². The molecule has 0 spiro atoms. The van der Waals surface area contributed by atoms with E-state index in [-0.39, 0.29) is 0 Å². The van der Waals surface area contributed by atoms with E-state index in [0.29, 0.717) is 0 Å². The fourth-order valence-electron chi connectivity index (χ4n) is 2.18. The van der Waals surface area contributed by atoms with Crippen LogP contribution in [0.1, 0.15) is 10.4 Å². The van der Waals surface area contributed by atoms with Crippen LogP contribution >= 0.6 is 0 Å². The van der Waals surface area contributed by atoms with E-state index in [2.05, 4.69) is 48.5 Å². The molecule has 0 radical (unpaired) electrons. The summed E-state index contributed by atoms with van der Waals surface area (Å²) in [7, 11) is 0. The Balaban J connectivity index is 0.000000133. The lowest BCUT2D eigenvalue weighted by atomic mass is 9.83. The minimum Gasteiger partial charge on any atom is -0.298 e. The number of fused-ring (bicyclic) bond motifs is 1. The van der Waals surface area contributed by atoms with E-state index in [9.17, 15) is 4.79 Å². The summed E-state index contributed by atoms with van der Waals surface area (Å²) < 4.78 is 0. The van der Waals surface area contributed by atoms with Crippen LogP contribution in [0.5, 0.6) is 0 Å². The topological polar surface area (TPSA) is 17.1 Å². The second kappa shape index (κ2) is 5.54. The predicted molar refractivity (Wildman–Crippen MR) is 82.7 cm³/mol. The second-order valence-electron chi connectivity index (χ2n) is 4.65. The lowest BCUT2D eigenvalue weighted by Gasteiger charge is -2.20. The van der Waals surface area contributed by atoms with Crippen LogP contribution in [0.3, 0.4) is 0 Å². The van der Waals surface area contributed by atoms with Gasteiger partial charge >= 0.3 is 0 Å². The van der Waals surface area contributed by atoms with Crippen LogP contribution in [0.4, 0.5) is 0 Å². The smallest absolute Gasteiger partial charge is 0.150 e. The molecule has 0 aromatic heterocycles. The molecule has 96 valence electrons. The third-order valence-electron chi connectivity index (χ3n) is 3.35. The van der Waals surface area contributed by atoms with E-state index < -0.39 is 0 Å². The van der Waals surface area contributed by atoms with Gasteiger partial charge in [-0.1, -0.05) is 72.8 Å². The third-order valence-corrected chi connectivity index (χ3v) is 3.35. The van der Waals surface area contributed by atoms with Crippen LogP contribution in [0.25, 0.3) is 22.3 Å². The molecular weight excluding hydrogens is 244 g/mol. The fourth-order valence-corrected chi connectivity index (χ4v) is 2.18. The Kier molecular flexibility index (Phi) is 3.42. The highest BCUT2D eigenvalue weighted by molar-refractivity contribution is 5.95. The van der Waals surface area contributed by atoms with Gasteiger partial charge in [0.2, 0.25) is 0 Å². The molecule has 0 fully saturated rings. The van der Waals surface area contributed by atoms with Crippen LogP contribution in [0, 0.1) is 0 Å². The molecule has 0 heterocycles. The molecule has 0 bridgehead atoms. The zero-order chi connectivity index (χ0) is 13.8. The lowest BCUT2D eigenvalue weighted by molar-refractivity contribution is 0.112. The fraction of sp³-hybridized carbons (Fsp3) is 0. The summed E-state index contributed by atoms with van der Waals surface area (Å²) in [6, 6.07) is 26.2. The number of benzene rings is 3. The van der Waals surface area contributed by atoms with Crippen LogP contribution in [-0.4, -0.2) is 6.29 Å². The Morgan fingerprint density at radius 1 is 0.600 bits per heavy atom. The standard InChI is InChI=1S/C12H8.C7H6O/c1-2-4-9(5-3-1)12-8-10-6-7-11(10)12;8-6-7-4-2-1-3-5-7/h1-8H;1-6H. The first-order chi connectivity index (χ1) is 9.88. The van der Waals surface area contributed by atoms with Gasteiger partial charge in [0.05, 0.1) is 0 Å². The minimum atomic E-state index is 0.729. The highest BCUT2D eigenvalue weighted by atomic mass is 16.1. The van der Waals surface area contributed by atoms with Crippen molar-refractivity contribution in [3.05, 3.63) is 84.4 Å². The minimum absolute atomic E-state index is 0.729. The van der Waals surface area contributed by atoms with Gasteiger partial charge in [-0.15, -0.1) is 0 Å². The average molecular weight is 258 g/mol. The summed E-state index contributed by atoms with van der Waals surface area (Å²) in [4.78, 5) is 10.0. The van der Waals surface area contributed by atoms with E-state index in [4.69, 9.17) is 0 Å². The third kappa shape index (κ3) is 2.39. The van der Waals surface area contributed by atoms with Gasteiger partial charge in [-0.3, -0.25) is 4.79 Å². The first kappa shape index (κ1) is 12.4. The largest absolute Gasteiger partial charge is 0.298 e. The van der Waals surface area contributed by atoms with Gasteiger partial charge in [-0.25, -0.2) is 0 Å². The van der Waals surface area contributed by atoms with Crippen molar-refractivity contribution in [1.82, 2.24) is 0 Å². The Bertz CT molecular complexity index is 709. The Morgan fingerprint density at radius 2 is 1.25 bits per heavy atom. The van der Waals surface area contributed by atoms with Gasteiger partial charge in [0.1, 0.15) is 6.29 Å². The second-order valence-corrected chi connectivity index (χ2v) is 4.65. The maximum atomic E-state index is 10.0. The molecule has 2 aromatic carbocycles. The van der Waals surface area contributed by atoms with Gasteiger partial charge in [0, 0.05) is 5.56 Å². The van der Waals surface area contributed by atoms with Gasteiger partial charge in [-0.2, -0.15) is 0 Å². The molecule has 0 atom stereocenters. The first-order valence-electron chi connectivity index (χ1n) is 6.58. The number of carbonyl (C=O) groups excluding carboxylic acids is 1. The normalized spacial score (nSPS) is 10.2. The maximum Gasteiger partial charge on any atom is 0.150 e. The van der Waals surface area contributed by atoms with E-state index in [1.54, 1.807) is 12.1 Å². The van der Waals surface area contributed by atoms with Crippen molar-refractivity contribution in [1.29, 1.82) is 0 Å². The number of hydrogen-bond acceptors (Lipinski definition) is 1. The summed E-state index contributed by atoms with van der Waals surface area (Å²) >= 11 is 0. The predicted octanol–water partition coefficient (Wildman–Crippen LogP) is 4.83. The highest BCUT2D eigenvalue weighted by Crippen LogP contribution is 2.42. The summed E-state index contributed by atoms with van der Waals surface area (Å²) in [6.45, 7) is 0. The molecule has 20 heavy (non-hydrogen) atoms. The lowest BCUT2D eigenvalue weighted by Crippen LogP contribution is -1.94. The number of aldehydes is 1. The number of rotatable bonds is 2. The molecule has 2 aromatic rings. The van der Waals surface area contributed by atoms with Crippen molar-refractivity contribution in [3.8, 4) is 22.3 Å². The van der Waals surface area contributed by atoms with Crippen LogP contribution < -0.4 is 0 Å². The molecule has 0 saturated heterocycles. The van der Waals surface area contributed by atoms with Gasteiger partial charge in [-0.05, 0) is 28.3 Å². The molecule has 0 N–H and O–H groups in total. The summed E-state index contributed by atoms with van der Waals surface area (Å²) in [5.74, 6) is 0. The average Bonchev–Trinajstić information content (AvgIpc) is 2.52. The highest BCUT2D eigenvalue weighted by Gasteiger charge is 2.16. The Morgan fingerprint density at radius 3 is 1.65 bits per heavy atom. The Labute approximate surface area is 118 Å². The molecule has 1 heteroatoms. The van der Waals surface area contributed by atoms with Gasteiger partial charge in [0.25, 0.3) is 0 Å². The molecule has 2 aliphatic rings. The SMILES string of the molecule is O=Cc1ccccc1.c1ccc(-c2cc3ccc2-3)cc1. The maximum absolute atomic E-state index is 10.0. The summed E-state index contributed by atoms with van der Waals surface area (Å²) in [6.07, 6.45) is 0.833. The van der Waals surface area contributed by atoms with Crippen LogP contribution in [0.15, 0.2) is 78.9 Å². The number of hydrogen-bond donors (Lipinski definition) is 0. The summed E-state index contributed by atoms with van der Waals surface area (Å²) in [5.41, 5.74) is 6.30. The molecule has 0 aliphatic heterocycles. The summed E-state index contributed by atoms with van der Waals surface area (Å²) in [5, 5.41) is 0. The van der Waals surface area contributed by atoms with Crippen molar-refractivity contribution < 1.29 is 4.79 Å². The van der Waals surface area contributed by atoms with Crippen LogP contribution in [-0.2, 0) is 0 Å². The number of carbonyl (C=O) groups is 1.